The standard InChI is InChI=1S/C36H34N2O8/c1-3-34(40)45-19-7-5-4-6-18-44-30-14-11-27(12-15-30)35(41)46-31-16-13-28-20-25(8-10-29(28)22-31)23-37-38-24-26-9-17-33(39)32(21-26)36(42)43-2/h3,8-17,20-24,39H,1,4-7,18-19H2,2H3/b37-23+,38-24+. The molecule has 46 heavy (non-hydrogen) atoms. The number of esters is 3. The van der Waals surface area contributed by atoms with E-state index >= 15 is 0 Å². The fraction of sp³-hybridized carbons (Fsp3) is 0.194. The van der Waals surface area contributed by atoms with Gasteiger partial charge in [-0.1, -0.05) is 24.8 Å². The van der Waals surface area contributed by atoms with Crippen LogP contribution in [0.25, 0.3) is 10.8 Å². The van der Waals surface area contributed by atoms with Crippen LogP contribution in [0.4, 0.5) is 0 Å². The third-order valence-corrected chi connectivity index (χ3v) is 6.76. The second kappa shape index (κ2) is 16.9. The first kappa shape index (κ1) is 33.1. The van der Waals surface area contributed by atoms with E-state index in [0.29, 0.717) is 35.8 Å². The van der Waals surface area contributed by atoms with Crippen LogP contribution in [0.5, 0.6) is 17.2 Å². The third-order valence-electron chi connectivity index (χ3n) is 6.76. The van der Waals surface area contributed by atoms with Crippen molar-refractivity contribution in [2.45, 2.75) is 25.7 Å². The van der Waals surface area contributed by atoms with Crippen molar-refractivity contribution in [2.75, 3.05) is 20.3 Å². The molecule has 1 N–H and O–H groups in total. The van der Waals surface area contributed by atoms with Gasteiger partial charge in [0.1, 0.15) is 22.8 Å². The van der Waals surface area contributed by atoms with Gasteiger partial charge >= 0.3 is 17.9 Å². The van der Waals surface area contributed by atoms with E-state index in [2.05, 4.69) is 21.5 Å². The van der Waals surface area contributed by atoms with E-state index in [1.807, 2.05) is 24.3 Å². The Balaban J connectivity index is 1.24. The Morgan fingerprint density at radius 1 is 0.739 bits per heavy atom. The molecule has 4 rings (SSSR count). The number of carbonyl (C=O) groups excluding carboxylic acids is 3. The molecule has 0 spiro atoms. The lowest BCUT2D eigenvalue weighted by molar-refractivity contribution is -0.137. The largest absolute Gasteiger partial charge is 0.507 e. The molecule has 0 unspecified atom stereocenters. The lowest BCUT2D eigenvalue weighted by Gasteiger charge is -2.08. The van der Waals surface area contributed by atoms with Crippen LogP contribution in [0.15, 0.2) is 102 Å². The second-order valence-corrected chi connectivity index (χ2v) is 10.1. The van der Waals surface area contributed by atoms with E-state index in [0.717, 1.165) is 48.1 Å². The van der Waals surface area contributed by atoms with Crippen molar-refractivity contribution in [2.24, 2.45) is 10.2 Å². The lowest BCUT2D eigenvalue weighted by atomic mass is 10.1. The number of phenols is 1. The van der Waals surface area contributed by atoms with Gasteiger partial charge in [0.15, 0.2) is 0 Å². The monoisotopic (exact) mass is 622 g/mol. The number of benzene rings is 4. The highest BCUT2D eigenvalue weighted by Crippen LogP contribution is 2.23. The van der Waals surface area contributed by atoms with Gasteiger partial charge in [0.25, 0.3) is 0 Å². The van der Waals surface area contributed by atoms with Gasteiger partial charge in [0.05, 0.1) is 38.3 Å². The van der Waals surface area contributed by atoms with Crippen LogP contribution in [0.3, 0.4) is 0 Å². The van der Waals surface area contributed by atoms with Gasteiger partial charge in [-0.25, -0.2) is 14.4 Å². The number of hydrogen-bond acceptors (Lipinski definition) is 10. The second-order valence-electron chi connectivity index (χ2n) is 10.1. The minimum Gasteiger partial charge on any atom is -0.507 e. The van der Waals surface area contributed by atoms with E-state index in [4.69, 9.17) is 14.2 Å². The Morgan fingerprint density at radius 3 is 2.09 bits per heavy atom. The number of carbonyl (C=O) groups is 3. The zero-order chi connectivity index (χ0) is 32.7. The lowest BCUT2D eigenvalue weighted by Crippen LogP contribution is -2.08. The van der Waals surface area contributed by atoms with E-state index in [1.165, 1.54) is 25.5 Å². The summed E-state index contributed by atoms with van der Waals surface area (Å²) in [6, 6.07) is 22.3. The summed E-state index contributed by atoms with van der Waals surface area (Å²) in [7, 11) is 1.24. The molecule has 0 aliphatic heterocycles. The zero-order valence-corrected chi connectivity index (χ0v) is 25.4. The van der Waals surface area contributed by atoms with Crippen LogP contribution < -0.4 is 9.47 Å². The fourth-order valence-corrected chi connectivity index (χ4v) is 4.33. The first-order valence-electron chi connectivity index (χ1n) is 14.6. The third kappa shape index (κ3) is 9.88. The quantitative estimate of drug-likeness (QED) is 0.0388. The summed E-state index contributed by atoms with van der Waals surface area (Å²) in [4.78, 5) is 35.5. The van der Waals surface area contributed by atoms with Crippen LogP contribution in [-0.4, -0.2) is 55.8 Å². The molecule has 0 radical (unpaired) electrons. The Hall–Kier alpha value is -5.77. The molecule has 236 valence electrons. The van der Waals surface area contributed by atoms with Crippen LogP contribution in [0.1, 0.15) is 57.5 Å². The molecule has 4 aromatic carbocycles. The molecule has 0 aromatic heterocycles. The van der Waals surface area contributed by atoms with Gasteiger partial charge < -0.3 is 24.1 Å². The summed E-state index contributed by atoms with van der Waals surface area (Å²) < 4.78 is 21.0. The van der Waals surface area contributed by atoms with Gasteiger partial charge in [-0.3, -0.25) is 0 Å². The molecule has 0 saturated carbocycles. The van der Waals surface area contributed by atoms with Gasteiger partial charge in [-0.15, -0.1) is 0 Å². The number of hydrogen-bond donors (Lipinski definition) is 1. The fourth-order valence-electron chi connectivity index (χ4n) is 4.33. The van der Waals surface area contributed by atoms with Crippen LogP contribution in [0, 0.1) is 0 Å². The predicted octanol–water partition coefficient (Wildman–Crippen LogP) is 6.67. The Kier molecular flexibility index (Phi) is 12.2. The predicted molar refractivity (Wildman–Crippen MR) is 175 cm³/mol. The number of phenolic OH excluding ortho intramolecular Hbond substituents is 1. The average Bonchev–Trinajstić information content (AvgIpc) is 3.08. The Morgan fingerprint density at radius 2 is 1.37 bits per heavy atom. The minimum atomic E-state index is -0.646. The van der Waals surface area contributed by atoms with Gasteiger partial charge in [-0.2, -0.15) is 10.2 Å². The number of aromatic hydroxyl groups is 1. The molecule has 0 bridgehead atoms. The summed E-state index contributed by atoms with van der Waals surface area (Å²) in [6.07, 6.45) is 7.76. The molecule has 10 heteroatoms. The highest BCUT2D eigenvalue weighted by atomic mass is 16.5. The van der Waals surface area contributed by atoms with Crippen LogP contribution >= 0.6 is 0 Å². The number of unbranched alkanes of at least 4 members (excludes halogenated alkanes) is 3. The van der Waals surface area contributed by atoms with E-state index < -0.39 is 17.9 Å². The molecule has 0 saturated heterocycles. The smallest absolute Gasteiger partial charge is 0.343 e. The van der Waals surface area contributed by atoms with Crippen molar-refractivity contribution in [3.05, 3.63) is 114 Å². The number of fused-ring (bicyclic) bond motifs is 1. The Labute approximate surface area is 266 Å². The first-order chi connectivity index (χ1) is 22.4. The number of nitrogens with zero attached hydrogens (tertiary/aromatic N) is 2. The number of methoxy groups -OCH3 is 1. The minimum absolute atomic E-state index is 0.0419. The van der Waals surface area contributed by atoms with Crippen LogP contribution in [0.2, 0.25) is 0 Å². The first-order valence-corrected chi connectivity index (χ1v) is 14.6. The summed E-state index contributed by atoms with van der Waals surface area (Å²) in [5.74, 6) is -0.612. The molecule has 0 fully saturated rings. The molecule has 4 aromatic rings. The topological polar surface area (TPSA) is 133 Å². The molecule has 0 aliphatic carbocycles. The number of rotatable bonds is 15. The zero-order valence-electron chi connectivity index (χ0n) is 25.4. The summed E-state index contributed by atoms with van der Waals surface area (Å²) in [5.41, 5.74) is 1.83. The highest BCUT2D eigenvalue weighted by Gasteiger charge is 2.12. The van der Waals surface area contributed by atoms with Crippen molar-refractivity contribution in [1.29, 1.82) is 0 Å². The van der Waals surface area contributed by atoms with E-state index in [9.17, 15) is 19.5 Å². The maximum absolute atomic E-state index is 12.7. The Bertz CT molecular complexity index is 1750. The van der Waals surface area contributed by atoms with Gasteiger partial charge in [0, 0.05) is 6.08 Å². The van der Waals surface area contributed by atoms with Crippen molar-refractivity contribution in [3.63, 3.8) is 0 Å². The highest BCUT2D eigenvalue weighted by molar-refractivity contribution is 5.96. The average molecular weight is 623 g/mol. The summed E-state index contributed by atoms with van der Waals surface area (Å²) in [6.45, 7) is 4.30. The SMILES string of the molecule is C=CC(=O)OCCCCCCOc1ccc(C(=O)Oc2ccc3cc(/C=N/N=C/c4ccc(O)c(C(=O)OC)c4)ccc3c2)cc1. The van der Waals surface area contributed by atoms with Crippen LogP contribution in [-0.2, 0) is 14.3 Å². The molecule has 0 aliphatic rings. The van der Waals surface area contributed by atoms with E-state index in [-0.39, 0.29) is 11.3 Å². The van der Waals surface area contributed by atoms with Crippen molar-refractivity contribution in [3.8, 4) is 17.2 Å². The van der Waals surface area contributed by atoms with Gasteiger partial charge in [0.2, 0.25) is 0 Å². The maximum atomic E-state index is 12.7. The molecule has 10 nitrogen and oxygen atoms in total. The maximum Gasteiger partial charge on any atom is 0.343 e. The van der Waals surface area contributed by atoms with E-state index in [1.54, 1.807) is 48.7 Å². The summed E-state index contributed by atoms with van der Waals surface area (Å²) in [5, 5.41) is 19.7. The number of ether oxygens (including phenoxy) is 4. The molecular formula is C36H34N2O8. The van der Waals surface area contributed by atoms with Gasteiger partial charge in [-0.05, 0) is 108 Å². The normalized spacial score (nSPS) is 11.1. The van der Waals surface area contributed by atoms with Crippen molar-refractivity contribution < 1.29 is 38.4 Å². The molecular weight excluding hydrogens is 588 g/mol. The van der Waals surface area contributed by atoms with Crippen molar-refractivity contribution in [1.82, 2.24) is 0 Å². The molecule has 0 amide bonds. The molecule has 0 heterocycles. The van der Waals surface area contributed by atoms with Crippen molar-refractivity contribution >= 4 is 41.1 Å². The molecule has 0 atom stereocenters. The summed E-state index contributed by atoms with van der Waals surface area (Å²) >= 11 is 0.